The Kier molecular flexibility index (Phi) is 5.65. The van der Waals surface area contributed by atoms with Crippen LogP contribution < -0.4 is 0 Å². The molecule has 1 aromatic rings. The number of hydrogen-bond donors (Lipinski definition) is 1. The molecule has 0 aromatic heterocycles. The van der Waals surface area contributed by atoms with Gasteiger partial charge in [0.2, 0.25) is 5.91 Å². The van der Waals surface area contributed by atoms with Gasteiger partial charge < -0.3 is 10.0 Å². The molecule has 116 valence electrons. The summed E-state index contributed by atoms with van der Waals surface area (Å²) in [7, 11) is 1.88. The topological polar surface area (TPSA) is 40.5 Å². The molecule has 4 heteroatoms. The van der Waals surface area contributed by atoms with Gasteiger partial charge in [-0.1, -0.05) is 30.2 Å². The number of aliphatic hydroxyl groups excluding tert-OH is 1. The van der Waals surface area contributed by atoms with E-state index in [9.17, 15) is 4.79 Å². The molecule has 1 aromatic carbocycles. The first kappa shape index (κ1) is 16.3. The summed E-state index contributed by atoms with van der Waals surface area (Å²) in [5.74, 6) is 0.208. The lowest BCUT2D eigenvalue weighted by molar-refractivity contribution is -0.139. The predicted molar refractivity (Wildman–Crippen MR) is 85.6 cm³/mol. The summed E-state index contributed by atoms with van der Waals surface area (Å²) in [6.45, 7) is 0.977. The van der Waals surface area contributed by atoms with Crippen LogP contribution in [-0.2, 0) is 10.2 Å². The molecule has 2 rings (SSSR count). The van der Waals surface area contributed by atoms with Gasteiger partial charge in [-0.2, -0.15) is 0 Å². The Hall–Kier alpha value is -1.06. The normalized spacial score (nSPS) is 16.3. The molecular formula is C17H24ClNO2. The van der Waals surface area contributed by atoms with Gasteiger partial charge in [0.05, 0.1) is 5.41 Å². The third-order valence-corrected chi connectivity index (χ3v) is 4.73. The molecule has 0 aliphatic heterocycles. The lowest BCUT2D eigenvalue weighted by Crippen LogP contribution is -2.50. The Morgan fingerprint density at radius 2 is 2.10 bits per heavy atom. The maximum Gasteiger partial charge on any atom is 0.232 e. The molecule has 1 fully saturated rings. The zero-order chi connectivity index (χ0) is 15.3. The van der Waals surface area contributed by atoms with Gasteiger partial charge in [0.25, 0.3) is 0 Å². The Morgan fingerprint density at radius 3 is 2.67 bits per heavy atom. The summed E-state index contributed by atoms with van der Waals surface area (Å²) in [6, 6.07) is 7.72. The van der Waals surface area contributed by atoms with Crippen molar-refractivity contribution in [1.29, 1.82) is 0 Å². The molecule has 3 nitrogen and oxygen atoms in total. The molecule has 0 unspecified atom stereocenters. The smallest absolute Gasteiger partial charge is 0.232 e. The molecule has 0 spiro atoms. The molecule has 0 bridgehead atoms. The fourth-order valence-electron chi connectivity index (χ4n) is 3.05. The molecule has 1 N–H and O–H groups in total. The van der Waals surface area contributed by atoms with Gasteiger partial charge in [-0.05, 0) is 49.8 Å². The van der Waals surface area contributed by atoms with Crippen LogP contribution in [-0.4, -0.2) is 36.1 Å². The third kappa shape index (κ3) is 3.58. The number of carbonyl (C=O) groups is 1. The van der Waals surface area contributed by atoms with Crippen LogP contribution in [0.1, 0.15) is 44.1 Å². The third-order valence-electron chi connectivity index (χ3n) is 4.49. The molecule has 0 radical (unpaired) electrons. The van der Waals surface area contributed by atoms with E-state index < -0.39 is 0 Å². The first-order chi connectivity index (χ1) is 10.1. The van der Waals surface area contributed by atoms with Gasteiger partial charge in [0, 0.05) is 25.2 Å². The monoisotopic (exact) mass is 309 g/mol. The molecule has 1 amide bonds. The molecule has 0 saturated heterocycles. The zero-order valence-electron chi connectivity index (χ0n) is 12.6. The minimum Gasteiger partial charge on any atom is -0.396 e. The minimum absolute atomic E-state index is 0.208. The number of likely N-dealkylation sites (N-methyl/N-ethyl adjacent to an activating group) is 1. The van der Waals surface area contributed by atoms with Crippen LogP contribution in [0.2, 0.25) is 5.02 Å². The lowest BCUT2D eigenvalue weighted by atomic mass is 9.63. The summed E-state index contributed by atoms with van der Waals surface area (Å²) < 4.78 is 0. The van der Waals surface area contributed by atoms with Crippen LogP contribution in [0.25, 0.3) is 0 Å². The van der Waals surface area contributed by atoms with E-state index >= 15 is 0 Å². The summed E-state index contributed by atoms with van der Waals surface area (Å²) in [5, 5.41) is 9.49. The first-order valence-electron chi connectivity index (χ1n) is 7.72. The largest absolute Gasteiger partial charge is 0.396 e. The number of amides is 1. The van der Waals surface area contributed by atoms with Crippen molar-refractivity contribution in [1.82, 2.24) is 4.90 Å². The van der Waals surface area contributed by atoms with Crippen molar-refractivity contribution in [3.63, 3.8) is 0 Å². The van der Waals surface area contributed by atoms with E-state index in [1.807, 2.05) is 36.2 Å². The van der Waals surface area contributed by atoms with E-state index in [1.165, 1.54) is 0 Å². The number of nitrogens with zero attached hydrogens (tertiary/aromatic N) is 1. The molecule has 21 heavy (non-hydrogen) atoms. The number of aliphatic hydroxyl groups is 1. The van der Waals surface area contributed by atoms with Crippen LogP contribution >= 0.6 is 11.6 Å². The number of benzene rings is 1. The predicted octanol–water partition coefficient (Wildman–Crippen LogP) is 3.38. The van der Waals surface area contributed by atoms with Crippen molar-refractivity contribution in [3.8, 4) is 0 Å². The number of unbranched alkanes of at least 4 members (excludes halogenated alkanes) is 2. The summed E-state index contributed by atoms with van der Waals surface area (Å²) in [6.07, 6.45) is 5.62. The Labute approximate surface area is 131 Å². The number of rotatable bonds is 7. The van der Waals surface area contributed by atoms with Crippen molar-refractivity contribution < 1.29 is 9.90 Å². The first-order valence-corrected chi connectivity index (χ1v) is 8.10. The highest BCUT2D eigenvalue weighted by atomic mass is 35.5. The minimum atomic E-state index is -0.364. The number of halogens is 1. The van der Waals surface area contributed by atoms with Crippen LogP contribution in [0.4, 0.5) is 0 Å². The average Bonchev–Trinajstić information content (AvgIpc) is 2.42. The number of carbonyl (C=O) groups excluding carboxylic acids is 1. The molecule has 0 heterocycles. The second-order valence-corrected chi connectivity index (χ2v) is 6.39. The van der Waals surface area contributed by atoms with E-state index in [4.69, 9.17) is 16.7 Å². The fourth-order valence-corrected chi connectivity index (χ4v) is 3.24. The van der Waals surface area contributed by atoms with Crippen LogP contribution in [0.5, 0.6) is 0 Å². The van der Waals surface area contributed by atoms with E-state index in [-0.39, 0.29) is 17.9 Å². The molecule has 1 aliphatic rings. The molecule has 1 aliphatic carbocycles. The van der Waals surface area contributed by atoms with Crippen LogP contribution in [0, 0.1) is 0 Å². The Morgan fingerprint density at radius 1 is 1.33 bits per heavy atom. The summed E-state index contributed by atoms with van der Waals surface area (Å²) >= 11 is 6.09. The van der Waals surface area contributed by atoms with E-state index in [0.29, 0.717) is 5.02 Å². The Balaban J connectivity index is 2.04. The van der Waals surface area contributed by atoms with E-state index in [0.717, 1.165) is 50.6 Å². The maximum atomic E-state index is 12.9. The second-order valence-electron chi connectivity index (χ2n) is 5.96. The highest BCUT2D eigenvalue weighted by Crippen LogP contribution is 2.45. The lowest BCUT2D eigenvalue weighted by Gasteiger charge is -2.43. The number of hydrogen-bond acceptors (Lipinski definition) is 2. The SMILES string of the molecule is CN(CCCCCO)C(=O)C1(c2cccc(Cl)c2)CCC1. The molecular weight excluding hydrogens is 286 g/mol. The maximum absolute atomic E-state index is 12.9. The summed E-state index contributed by atoms with van der Waals surface area (Å²) in [4.78, 5) is 14.7. The van der Waals surface area contributed by atoms with Crippen molar-refractivity contribution >= 4 is 17.5 Å². The van der Waals surface area contributed by atoms with E-state index in [2.05, 4.69) is 0 Å². The van der Waals surface area contributed by atoms with Gasteiger partial charge in [-0.25, -0.2) is 0 Å². The van der Waals surface area contributed by atoms with Crippen molar-refractivity contribution in [3.05, 3.63) is 34.9 Å². The van der Waals surface area contributed by atoms with Gasteiger partial charge in [0.1, 0.15) is 0 Å². The second kappa shape index (κ2) is 7.28. The summed E-state index contributed by atoms with van der Waals surface area (Å²) in [5.41, 5.74) is 0.685. The highest BCUT2D eigenvalue weighted by molar-refractivity contribution is 6.30. The highest BCUT2D eigenvalue weighted by Gasteiger charge is 2.46. The fraction of sp³-hybridized carbons (Fsp3) is 0.588. The van der Waals surface area contributed by atoms with Crippen LogP contribution in [0.3, 0.4) is 0 Å². The van der Waals surface area contributed by atoms with Crippen molar-refractivity contribution in [2.75, 3.05) is 20.2 Å². The van der Waals surface area contributed by atoms with Gasteiger partial charge in [-0.15, -0.1) is 0 Å². The Bertz CT molecular complexity index is 485. The molecule has 0 atom stereocenters. The van der Waals surface area contributed by atoms with E-state index in [1.54, 1.807) is 0 Å². The standard InChI is InChI=1S/C17H24ClNO2/c1-19(11-3-2-4-12-20)16(21)17(9-6-10-17)14-7-5-8-15(18)13-14/h5,7-8,13,20H,2-4,6,9-12H2,1H3. The van der Waals surface area contributed by atoms with Gasteiger partial charge in [0.15, 0.2) is 0 Å². The van der Waals surface area contributed by atoms with Gasteiger partial charge >= 0.3 is 0 Å². The van der Waals surface area contributed by atoms with Crippen molar-refractivity contribution in [2.45, 2.75) is 43.9 Å². The van der Waals surface area contributed by atoms with Crippen molar-refractivity contribution in [2.24, 2.45) is 0 Å². The zero-order valence-corrected chi connectivity index (χ0v) is 13.4. The molecule has 1 saturated carbocycles. The van der Waals surface area contributed by atoms with Crippen LogP contribution in [0.15, 0.2) is 24.3 Å². The van der Waals surface area contributed by atoms with Gasteiger partial charge in [-0.3, -0.25) is 4.79 Å². The quantitative estimate of drug-likeness (QED) is 0.784. The average molecular weight is 310 g/mol.